The third-order valence-corrected chi connectivity index (χ3v) is 4.17. The zero-order valence-corrected chi connectivity index (χ0v) is 15.8. The van der Waals surface area contributed by atoms with E-state index in [0.29, 0.717) is 16.6 Å². The number of halogens is 2. The minimum Gasteiger partial charge on any atom is -0.383 e. The van der Waals surface area contributed by atoms with Crippen molar-refractivity contribution in [3.8, 4) is 0 Å². The highest BCUT2D eigenvalue weighted by atomic mass is 35.5. The summed E-state index contributed by atoms with van der Waals surface area (Å²) < 4.78 is 5.07. The average molecular weight is 361 g/mol. The summed E-state index contributed by atoms with van der Waals surface area (Å²) in [5, 5.41) is 4.50. The Morgan fingerprint density at radius 1 is 1.22 bits per heavy atom. The smallest absolute Gasteiger partial charge is 0.193 e. The van der Waals surface area contributed by atoms with Crippen LogP contribution in [0.4, 0.5) is 0 Å². The summed E-state index contributed by atoms with van der Waals surface area (Å²) in [6.45, 7) is 4.09. The molecule has 0 amide bonds. The Kier molecular flexibility index (Phi) is 9.33. The van der Waals surface area contributed by atoms with Crippen LogP contribution in [0, 0.1) is 0 Å². The van der Waals surface area contributed by atoms with Gasteiger partial charge >= 0.3 is 0 Å². The van der Waals surface area contributed by atoms with Crippen LogP contribution < -0.4 is 5.32 Å². The summed E-state index contributed by atoms with van der Waals surface area (Å²) in [4.78, 5) is 8.57. The molecule has 0 saturated carbocycles. The molecular weight excluding hydrogens is 335 g/mol. The van der Waals surface area contributed by atoms with E-state index in [4.69, 9.17) is 27.9 Å². The predicted octanol–water partition coefficient (Wildman–Crippen LogP) is 2.58. The number of nitrogens with one attached hydrogen (secondary N) is 1. The Morgan fingerprint density at radius 2 is 1.96 bits per heavy atom. The Balaban J connectivity index is 2.45. The van der Waals surface area contributed by atoms with E-state index in [1.165, 1.54) is 0 Å². The number of hydrogen-bond acceptors (Lipinski definition) is 3. The van der Waals surface area contributed by atoms with Gasteiger partial charge in [-0.15, -0.1) is 0 Å². The highest BCUT2D eigenvalue weighted by molar-refractivity contribution is 6.42. The molecule has 0 atom stereocenters. The maximum atomic E-state index is 6.06. The molecule has 0 saturated heterocycles. The molecule has 0 radical (unpaired) electrons. The molecule has 0 fully saturated rings. The Morgan fingerprint density at radius 3 is 2.57 bits per heavy atom. The number of methoxy groups -OCH3 is 1. The van der Waals surface area contributed by atoms with Gasteiger partial charge in [-0.3, -0.25) is 4.99 Å². The van der Waals surface area contributed by atoms with Gasteiger partial charge in [0.25, 0.3) is 0 Å². The summed E-state index contributed by atoms with van der Waals surface area (Å²) in [7, 11) is 7.56. The van der Waals surface area contributed by atoms with Crippen molar-refractivity contribution >= 4 is 29.2 Å². The van der Waals surface area contributed by atoms with Gasteiger partial charge in [-0.2, -0.15) is 0 Å². The van der Waals surface area contributed by atoms with Gasteiger partial charge in [-0.05, 0) is 24.7 Å². The lowest BCUT2D eigenvalue weighted by atomic mass is 10.2. The summed E-state index contributed by atoms with van der Waals surface area (Å²) in [5.74, 6) is 0.844. The molecule has 0 heterocycles. The van der Waals surface area contributed by atoms with Crippen molar-refractivity contribution in [3.63, 3.8) is 0 Å². The van der Waals surface area contributed by atoms with Gasteiger partial charge in [0.1, 0.15) is 0 Å². The van der Waals surface area contributed by atoms with Crippen LogP contribution in [-0.4, -0.2) is 70.3 Å². The number of hydrogen-bond donors (Lipinski definition) is 1. The van der Waals surface area contributed by atoms with Crippen molar-refractivity contribution in [2.24, 2.45) is 4.99 Å². The van der Waals surface area contributed by atoms with Crippen LogP contribution >= 0.6 is 23.2 Å². The van der Waals surface area contributed by atoms with Gasteiger partial charge in [0.05, 0.1) is 16.7 Å². The van der Waals surface area contributed by atoms with Crippen molar-refractivity contribution in [2.45, 2.75) is 6.54 Å². The second kappa shape index (κ2) is 10.7. The van der Waals surface area contributed by atoms with Gasteiger partial charge in [0.2, 0.25) is 0 Å². The lowest BCUT2D eigenvalue weighted by Crippen LogP contribution is -2.42. The van der Waals surface area contributed by atoms with Gasteiger partial charge in [0, 0.05) is 47.4 Å². The van der Waals surface area contributed by atoms with Crippen molar-refractivity contribution in [1.29, 1.82) is 0 Å². The molecule has 0 unspecified atom stereocenters. The van der Waals surface area contributed by atoms with E-state index in [1.54, 1.807) is 14.2 Å². The fraction of sp³-hybridized carbons (Fsp3) is 0.562. The lowest BCUT2D eigenvalue weighted by Gasteiger charge is -2.23. The molecule has 0 aliphatic heterocycles. The molecule has 1 rings (SSSR count). The van der Waals surface area contributed by atoms with Gasteiger partial charge in [-0.25, -0.2) is 0 Å². The normalized spacial score (nSPS) is 11.9. The van der Waals surface area contributed by atoms with E-state index in [0.717, 1.165) is 37.8 Å². The third kappa shape index (κ3) is 7.40. The second-order valence-electron chi connectivity index (χ2n) is 5.37. The number of nitrogens with zero attached hydrogens (tertiary/aromatic N) is 3. The Labute approximate surface area is 149 Å². The van der Waals surface area contributed by atoms with Crippen molar-refractivity contribution in [2.75, 3.05) is 54.5 Å². The summed E-state index contributed by atoms with van der Waals surface area (Å²) >= 11 is 12.0. The zero-order chi connectivity index (χ0) is 17.2. The molecule has 7 heteroatoms. The summed E-state index contributed by atoms with van der Waals surface area (Å²) in [5.41, 5.74) is 1.09. The molecule has 1 N–H and O–H groups in total. The SMILES string of the molecule is CN=C(NCCN(C)CCOC)N(C)Cc1ccc(Cl)c(Cl)c1. The maximum absolute atomic E-state index is 6.06. The predicted molar refractivity (Wildman–Crippen MR) is 98.7 cm³/mol. The van der Waals surface area contributed by atoms with E-state index in [9.17, 15) is 0 Å². The number of benzene rings is 1. The van der Waals surface area contributed by atoms with E-state index in [2.05, 4.69) is 27.2 Å². The fourth-order valence-corrected chi connectivity index (χ4v) is 2.41. The number of aliphatic imine (C=N–C) groups is 1. The Bertz CT molecular complexity index is 511. The van der Waals surface area contributed by atoms with Crippen LogP contribution in [0.25, 0.3) is 0 Å². The molecule has 0 aliphatic rings. The average Bonchev–Trinajstić information content (AvgIpc) is 2.53. The maximum Gasteiger partial charge on any atom is 0.193 e. The minimum absolute atomic E-state index is 0.569. The topological polar surface area (TPSA) is 40.1 Å². The molecule has 130 valence electrons. The van der Waals surface area contributed by atoms with Gasteiger partial charge in [-0.1, -0.05) is 29.3 Å². The number of rotatable bonds is 8. The quantitative estimate of drug-likeness (QED) is 0.571. The van der Waals surface area contributed by atoms with E-state index >= 15 is 0 Å². The van der Waals surface area contributed by atoms with Crippen LogP contribution in [-0.2, 0) is 11.3 Å². The lowest BCUT2D eigenvalue weighted by molar-refractivity contribution is 0.162. The van der Waals surface area contributed by atoms with Crippen molar-refractivity contribution < 1.29 is 4.74 Å². The molecule has 0 spiro atoms. The number of likely N-dealkylation sites (N-methyl/N-ethyl adjacent to an activating group) is 1. The van der Waals surface area contributed by atoms with Crippen molar-refractivity contribution in [1.82, 2.24) is 15.1 Å². The molecular formula is C16H26Cl2N4O. The standard InChI is InChI=1S/C16H26Cl2N4O/c1-19-16(20-7-8-21(2)9-10-23-4)22(3)12-13-5-6-14(17)15(18)11-13/h5-6,11H,7-10,12H2,1-4H3,(H,19,20). The van der Waals surface area contributed by atoms with Crippen molar-refractivity contribution in [3.05, 3.63) is 33.8 Å². The van der Waals surface area contributed by atoms with E-state index in [1.807, 2.05) is 25.2 Å². The summed E-state index contributed by atoms with van der Waals surface area (Å²) in [6.07, 6.45) is 0. The minimum atomic E-state index is 0.569. The third-order valence-electron chi connectivity index (χ3n) is 3.43. The first kappa shape index (κ1) is 20.0. The first-order valence-electron chi connectivity index (χ1n) is 7.51. The van der Waals surface area contributed by atoms with Gasteiger partial charge in [0.15, 0.2) is 5.96 Å². The summed E-state index contributed by atoms with van der Waals surface area (Å²) in [6, 6.07) is 5.66. The monoisotopic (exact) mass is 360 g/mol. The van der Waals surface area contributed by atoms with E-state index < -0.39 is 0 Å². The molecule has 1 aromatic rings. The largest absolute Gasteiger partial charge is 0.383 e. The zero-order valence-electron chi connectivity index (χ0n) is 14.3. The van der Waals surface area contributed by atoms with Crippen LogP contribution in [0.3, 0.4) is 0 Å². The van der Waals surface area contributed by atoms with Crippen LogP contribution in [0.2, 0.25) is 10.0 Å². The molecule has 23 heavy (non-hydrogen) atoms. The number of ether oxygens (including phenoxy) is 1. The molecule has 1 aromatic carbocycles. The van der Waals surface area contributed by atoms with Crippen LogP contribution in [0.5, 0.6) is 0 Å². The molecule has 5 nitrogen and oxygen atoms in total. The number of guanidine groups is 1. The first-order valence-corrected chi connectivity index (χ1v) is 8.26. The highest BCUT2D eigenvalue weighted by Crippen LogP contribution is 2.23. The molecule has 0 bridgehead atoms. The molecule has 0 aliphatic carbocycles. The highest BCUT2D eigenvalue weighted by Gasteiger charge is 2.08. The van der Waals surface area contributed by atoms with Gasteiger partial charge < -0.3 is 19.9 Å². The Hall–Kier alpha value is -1.01. The fourth-order valence-electron chi connectivity index (χ4n) is 2.09. The first-order chi connectivity index (χ1) is 11.0. The van der Waals surface area contributed by atoms with Crippen LogP contribution in [0.1, 0.15) is 5.56 Å². The second-order valence-corrected chi connectivity index (χ2v) is 6.19. The van der Waals surface area contributed by atoms with Crippen LogP contribution in [0.15, 0.2) is 23.2 Å². The molecule has 0 aromatic heterocycles. The van der Waals surface area contributed by atoms with E-state index in [-0.39, 0.29) is 0 Å².